The fourth-order valence-electron chi connectivity index (χ4n) is 4.20. The standard InChI is InChI=1S/C29H27N5O2S2/c1-19-9-10-21(17-30)15-23(19)32-29-34(18-20-7-4-3-5-8-20)27(36)26(38-29)28-33(2)24-12-11-22(16-25(24)37-28)31-13-6-14-35/h3-5,7-12,15-16,31,35H,6,13-14,18H2,1-2H3/b28-26-,32-29?. The summed E-state index contributed by atoms with van der Waals surface area (Å²) in [6.07, 6.45) is 0.681. The van der Waals surface area contributed by atoms with Crippen molar-refractivity contribution in [2.45, 2.75) is 24.8 Å². The number of aliphatic hydroxyl groups is 1. The molecule has 2 N–H and O–H groups in total. The largest absolute Gasteiger partial charge is 0.396 e. The molecule has 1 fully saturated rings. The minimum absolute atomic E-state index is 0.0878. The maximum Gasteiger partial charge on any atom is 0.269 e. The van der Waals surface area contributed by atoms with Gasteiger partial charge >= 0.3 is 0 Å². The predicted molar refractivity (Wildman–Crippen MR) is 155 cm³/mol. The Hall–Kier alpha value is -3.71. The first kappa shape index (κ1) is 25.9. The molecule has 192 valence electrons. The minimum atomic E-state index is -0.0878. The summed E-state index contributed by atoms with van der Waals surface area (Å²) in [4.78, 5) is 24.2. The zero-order valence-electron chi connectivity index (χ0n) is 21.1. The second-order valence-electron chi connectivity index (χ2n) is 8.97. The zero-order valence-corrected chi connectivity index (χ0v) is 22.8. The van der Waals surface area contributed by atoms with Crippen LogP contribution in [0.4, 0.5) is 17.1 Å². The number of nitriles is 1. The summed E-state index contributed by atoms with van der Waals surface area (Å²) in [7, 11) is 1.98. The lowest BCUT2D eigenvalue weighted by molar-refractivity contribution is -0.122. The summed E-state index contributed by atoms with van der Waals surface area (Å²) in [5.41, 5.74) is 5.18. The van der Waals surface area contributed by atoms with Crippen LogP contribution in [0.25, 0.3) is 0 Å². The van der Waals surface area contributed by atoms with E-state index >= 15 is 0 Å². The molecule has 3 aromatic carbocycles. The molecule has 2 heterocycles. The molecule has 0 spiro atoms. The van der Waals surface area contributed by atoms with Crippen LogP contribution in [0.1, 0.15) is 23.1 Å². The maximum atomic E-state index is 13.9. The summed E-state index contributed by atoms with van der Waals surface area (Å²) in [6, 6.07) is 23.6. The monoisotopic (exact) mass is 541 g/mol. The van der Waals surface area contributed by atoms with Crippen LogP contribution in [0.15, 0.2) is 86.6 Å². The Morgan fingerprint density at radius 1 is 1.08 bits per heavy atom. The Morgan fingerprint density at radius 2 is 1.89 bits per heavy atom. The van der Waals surface area contributed by atoms with Gasteiger partial charge in [-0.05, 0) is 66.6 Å². The average Bonchev–Trinajstić information content (AvgIpc) is 3.41. The lowest BCUT2D eigenvalue weighted by atomic mass is 10.1. The highest BCUT2D eigenvalue weighted by molar-refractivity contribution is 8.19. The molecular formula is C29H27N5O2S2. The number of aryl methyl sites for hydroxylation is 1. The number of thioether (sulfide) groups is 2. The van der Waals surface area contributed by atoms with Gasteiger partial charge in [0.15, 0.2) is 5.17 Å². The molecule has 7 nitrogen and oxygen atoms in total. The molecule has 0 radical (unpaired) electrons. The number of fused-ring (bicyclic) bond motifs is 1. The van der Waals surface area contributed by atoms with Crippen molar-refractivity contribution in [3.8, 4) is 6.07 Å². The number of aliphatic hydroxyl groups excluding tert-OH is 1. The van der Waals surface area contributed by atoms with Crippen molar-refractivity contribution in [1.29, 1.82) is 5.26 Å². The summed E-state index contributed by atoms with van der Waals surface area (Å²) < 4.78 is 0. The van der Waals surface area contributed by atoms with Crippen LogP contribution in [0, 0.1) is 18.3 Å². The van der Waals surface area contributed by atoms with Gasteiger partial charge in [0.2, 0.25) is 0 Å². The Morgan fingerprint density at radius 3 is 2.66 bits per heavy atom. The number of nitrogens with zero attached hydrogens (tertiary/aromatic N) is 4. The van der Waals surface area contributed by atoms with E-state index in [1.165, 1.54) is 11.8 Å². The minimum Gasteiger partial charge on any atom is -0.396 e. The Bertz CT molecular complexity index is 1480. The molecular weight excluding hydrogens is 514 g/mol. The van der Waals surface area contributed by atoms with Crippen LogP contribution >= 0.6 is 23.5 Å². The number of amidine groups is 1. The number of benzene rings is 3. The molecule has 2 aliphatic rings. The van der Waals surface area contributed by atoms with Crippen LogP contribution < -0.4 is 10.2 Å². The Labute approximate surface area is 230 Å². The van der Waals surface area contributed by atoms with E-state index < -0.39 is 0 Å². The number of nitrogens with one attached hydrogen (secondary N) is 1. The highest BCUT2D eigenvalue weighted by Crippen LogP contribution is 2.51. The molecule has 0 atom stereocenters. The summed E-state index contributed by atoms with van der Waals surface area (Å²) in [5, 5.41) is 23.2. The van der Waals surface area contributed by atoms with Gasteiger partial charge in [0, 0.05) is 30.8 Å². The van der Waals surface area contributed by atoms with Crippen LogP contribution in [0.3, 0.4) is 0 Å². The van der Waals surface area contributed by atoms with Crippen molar-refractivity contribution in [2.24, 2.45) is 4.99 Å². The predicted octanol–water partition coefficient (Wildman–Crippen LogP) is 5.84. The molecule has 38 heavy (non-hydrogen) atoms. The molecule has 0 unspecified atom stereocenters. The van der Waals surface area contributed by atoms with Gasteiger partial charge in [0.1, 0.15) is 4.91 Å². The maximum absolute atomic E-state index is 13.9. The SMILES string of the molecule is Cc1ccc(C#N)cc1N=C1S/C(=C2\Sc3cc(NCCCO)ccc3N2C)C(=O)N1Cc1ccccc1. The third-order valence-electron chi connectivity index (χ3n) is 6.29. The summed E-state index contributed by atoms with van der Waals surface area (Å²) >= 11 is 2.95. The van der Waals surface area contributed by atoms with E-state index in [0.29, 0.717) is 40.8 Å². The molecule has 0 aliphatic carbocycles. The molecule has 5 rings (SSSR count). The van der Waals surface area contributed by atoms with E-state index in [4.69, 9.17) is 10.1 Å². The third-order valence-corrected chi connectivity index (χ3v) is 8.71. The number of rotatable bonds is 7. The van der Waals surface area contributed by atoms with Crippen LogP contribution in [0.5, 0.6) is 0 Å². The van der Waals surface area contributed by atoms with E-state index in [1.807, 2.05) is 56.4 Å². The van der Waals surface area contributed by atoms with Gasteiger partial charge in [-0.15, -0.1) is 0 Å². The van der Waals surface area contributed by atoms with Crippen LogP contribution in [-0.2, 0) is 11.3 Å². The quantitative estimate of drug-likeness (QED) is 0.287. The molecule has 1 saturated heterocycles. The fourth-order valence-corrected chi connectivity index (χ4v) is 6.58. The van der Waals surface area contributed by atoms with Crippen LogP contribution in [-0.4, -0.2) is 41.3 Å². The third kappa shape index (κ3) is 5.29. The van der Waals surface area contributed by atoms with Gasteiger partial charge in [-0.1, -0.05) is 48.2 Å². The van der Waals surface area contributed by atoms with Crippen molar-refractivity contribution < 1.29 is 9.90 Å². The topological polar surface area (TPSA) is 92.0 Å². The highest BCUT2D eigenvalue weighted by Gasteiger charge is 2.39. The first-order chi connectivity index (χ1) is 18.5. The van der Waals surface area contributed by atoms with Gasteiger partial charge in [-0.2, -0.15) is 5.26 Å². The second kappa shape index (κ2) is 11.4. The number of hydrogen-bond acceptors (Lipinski definition) is 8. The highest BCUT2D eigenvalue weighted by atomic mass is 32.2. The van der Waals surface area contributed by atoms with E-state index in [0.717, 1.165) is 32.4 Å². The molecule has 0 saturated carbocycles. The molecule has 1 amide bonds. The summed E-state index contributed by atoms with van der Waals surface area (Å²) in [5.74, 6) is -0.0878. The molecule has 9 heteroatoms. The van der Waals surface area contributed by atoms with E-state index in [-0.39, 0.29) is 12.5 Å². The smallest absolute Gasteiger partial charge is 0.269 e. The van der Waals surface area contributed by atoms with Crippen molar-refractivity contribution in [2.75, 3.05) is 30.4 Å². The lowest BCUT2D eigenvalue weighted by Crippen LogP contribution is -2.29. The van der Waals surface area contributed by atoms with Crippen molar-refractivity contribution in [3.63, 3.8) is 0 Å². The number of hydrogen-bond donors (Lipinski definition) is 2. The van der Waals surface area contributed by atoms with E-state index in [1.54, 1.807) is 28.8 Å². The number of anilines is 2. The normalized spacial score (nSPS) is 17.7. The summed E-state index contributed by atoms with van der Waals surface area (Å²) in [6.45, 7) is 3.19. The van der Waals surface area contributed by atoms with Crippen molar-refractivity contribution >= 4 is 51.7 Å². The lowest BCUT2D eigenvalue weighted by Gasteiger charge is -2.17. The number of amides is 1. The van der Waals surface area contributed by atoms with Crippen LogP contribution in [0.2, 0.25) is 0 Å². The molecule has 0 aromatic heterocycles. The number of aliphatic imine (C=N–C) groups is 1. The van der Waals surface area contributed by atoms with Gasteiger partial charge < -0.3 is 15.3 Å². The van der Waals surface area contributed by atoms with Gasteiger partial charge in [0.25, 0.3) is 5.91 Å². The molecule has 2 aliphatic heterocycles. The average molecular weight is 542 g/mol. The van der Waals surface area contributed by atoms with Crippen molar-refractivity contribution in [3.05, 3.63) is 93.4 Å². The Balaban J connectivity index is 1.51. The van der Waals surface area contributed by atoms with E-state index in [2.05, 4.69) is 28.4 Å². The van der Waals surface area contributed by atoms with Gasteiger partial charge in [-0.25, -0.2) is 4.99 Å². The first-order valence-electron chi connectivity index (χ1n) is 12.3. The molecule has 0 bridgehead atoms. The number of carbonyl (C=O) groups excluding carboxylic acids is 1. The Kier molecular flexibility index (Phi) is 7.74. The fraction of sp³-hybridized carbons (Fsp3) is 0.207. The number of carbonyl (C=O) groups is 1. The first-order valence-corrected chi connectivity index (χ1v) is 13.9. The van der Waals surface area contributed by atoms with E-state index in [9.17, 15) is 10.1 Å². The van der Waals surface area contributed by atoms with Gasteiger partial charge in [-0.3, -0.25) is 9.69 Å². The second-order valence-corrected chi connectivity index (χ2v) is 11.0. The van der Waals surface area contributed by atoms with Crippen molar-refractivity contribution in [1.82, 2.24) is 4.90 Å². The molecule has 3 aromatic rings. The van der Waals surface area contributed by atoms with Gasteiger partial charge in [0.05, 0.1) is 34.6 Å². The zero-order chi connectivity index (χ0) is 26.6.